The quantitative estimate of drug-likeness (QED) is 0.801. The van der Waals surface area contributed by atoms with Gasteiger partial charge in [0, 0.05) is 19.3 Å². The van der Waals surface area contributed by atoms with Crippen molar-refractivity contribution in [2.45, 2.75) is 39.3 Å². The highest BCUT2D eigenvalue weighted by Gasteiger charge is 2.40. The van der Waals surface area contributed by atoms with E-state index >= 15 is 0 Å². The van der Waals surface area contributed by atoms with Gasteiger partial charge in [0.1, 0.15) is 6.04 Å². The Balaban J connectivity index is 2.15. The highest BCUT2D eigenvalue weighted by Crippen LogP contribution is 2.21. The average molecular weight is 250 g/mol. The lowest BCUT2D eigenvalue weighted by atomic mass is 10.2. The second kappa shape index (κ2) is 4.44. The minimum atomic E-state index is -0.470. The molecule has 18 heavy (non-hydrogen) atoms. The van der Waals surface area contributed by atoms with Crippen LogP contribution in [0.15, 0.2) is 6.20 Å². The Morgan fingerprint density at radius 2 is 2.11 bits per heavy atom. The third-order valence-electron chi connectivity index (χ3n) is 3.04. The molecule has 0 radical (unpaired) electrons. The number of hydrogen-bond donors (Lipinski definition) is 1. The van der Waals surface area contributed by atoms with Crippen LogP contribution in [-0.2, 0) is 16.6 Å². The van der Waals surface area contributed by atoms with Crippen molar-refractivity contribution in [3.05, 3.63) is 11.9 Å². The number of carbonyl (C=O) groups excluding carboxylic acids is 2. The maximum Gasteiger partial charge on any atom is 0.252 e. The van der Waals surface area contributed by atoms with Crippen molar-refractivity contribution < 1.29 is 9.59 Å². The first kappa shape index (κ1) is 12.6. The number of imide groups is 1. The predicted molar refractivity (Wildman–Crippen MR) is 67.0 cm³/mol. The van der Waals surface area contributed by atoms with Crippen LogP contribution < -0.4 is 5.32 Å². The number of hydrogen-bond acceptors (Lipinski definition) is 4. The molecule has 0 aliphatic carbocycles. The van der Waals surface area contributed by atoms with Crippen LogP contribution in [-0.4, -0.2) is 38.6 Å². The fourth-order valence-electron chi connectivity index (χ4n) is 2.24. The second-order valence-electron chi connectivity index (χ2n) is 4.90. The zero-order chi connectivity index (χ0) is 13.4. The largest absolute Gasteiger partial charge is 0.370 e. The first-order chi connectivity index (χ1) is 8.40. The van der Waals surface area contributed by atoms with E-state index < -0.39 is 6.04 Å². The van der Waals surface area contributed by atoms with Crippen LogP contribution >= 0.6 is 0 Å². The minimum Gasteiger partial charge on any atom is -0.370 e. The van der Waals surface area contributed by atoms with Crippen molar-refractivity contribution in [1.29, 1.82) is 0 Å². The fourth-order valence-corrected chi connectivity index (χ4v) is 2.24. The van der Waals surface area contributed by atoms with Crippen LogP contribution in [0.4, 0.5) is 5.69 Å². The standard InChI is InChI=1S/C12H18N4O2/c1-7(2)16-11(17)5-9(12(16)18)13-10-6-15(4)14-8(10)3/h6-7,9,13H,5H2,1-4H3. The highest BCUT2D eigenvalue weighted by atomic mass is 16.2. The van der Waals surface area contributed by atoms with Crippen LogP contribution in [0.5, 0.6) is 0 Å². The normalized spacial score (nSPS) is 20.1. The molecule has 2 heterocycles. The molecule has 1 N–H and O–H groups in total. The van der Waals surface area contributed by atoms with E-state index in [0.29, 0.717) is 0 Å². The first-order valence-corrected chi connectivity index (χ1v) is 6.03. The molecule has 1 atom stereocenters. The Morgan fingerprint density at radius 1 is 1.44 bits per heavy atom. The van der Waals surface area contributed by atoms with Gasteiger partial charge >= 0.3 is 0 Å². The van der Waals surface area contributed by atoms with E-state index in [-0.39, 0.29) is 24.3 Å². The summed E-state index contributed by atoms with van der Waals surface area (Å²) in [5, 5.41) is 7.30. The van der Waals surface area contributed by atoms with Crippen molar-refractivity contribution in [2.24, 2.45) is 7.05 Å². The predicted octanol–water partition coefficient (Wildman–Crippen LogP) is 0.676. The summed E-state index contributed by atoms with van der Waals surface area (Å²) < 4.78 is 1.68. The summed E-state index contributed by atoms with van der Waals surface area (Å²) in [5.74, 6) is -0.271. The molecule has 1 unspecified atom stereocenters. The third kappa shape index (κ3) is 2.10. The van der Waals surface area contributed by atoms with Gasteiger partial charge in [-0.2, -0.15) is 5.10 Å². The molecule has 1 fully saturated rings. The van der Waals surface area contributed by atoms with Crippen molar-refractivity contribution >= 4 is 17.5 Å². The second-order valence-corrected chi connectivity index (χ2v) is 4.90. The summed E-state index contributed by atoms with van der Waals surface area (Å²) >= 11 is 0. The summed E-state index contributed by atoms with van der Waals surface area (Å²) in [6.45, 7) is 5.55. The number of amides is 2. The highest BCUT2D eigenvalue weighted by molar-refractivity contribution is 6.07. The SMILES string of the molecule is Cc1nn(C)cc1NC1CC(=O)N(C(C)C)C1=O. The molecule has 0 spiro atoms. The molecule has 6 nitrogen and oxygen atoms in total. The van der Waals surface area contributed by atoms with Gasteiger partial charge in [0.25, 0.3) is 5.91 Å². The van der Waals surface area contributed by atoms with E-state index in [0.717, 1.165) is 11.4 Å². The van der Waals surface area contributed by atoms with Crippen LogP contribution in [0.1, 0.15) is 26.0 Å². The third-order valence-corrected chi connectivity index (χ3v) is 3.04. The zero-order valence-electron chi connectivity index (χ0n) is 11.1. The first-order valence-electron chi connectivity index (χ1n) is 6.03. The zero-order valence-corrected chi connectivity index (χ0v) is 11.1. The van der Waals surface area contributed by atoms with Gasteiger partial charge in [-0.3, -0.25) is 19.2 Å². The van der Waals surface area contributed by atoms with Crippen molar-refractivity contribution in [2.75, 3.05) is 5.32 Å². The molecule has 98 valence electrons. The molecule has 2 amide bonds. The van der Waals surface area contributed by atoms with Crippen LogP contribution in [0, 0.1) is 6.92 Å². The number of aromatic nitrogens is 2. The number of aryl methyl sites for hydroxylation is 2. The van der Waals surface area contributed by atoms with E-state index in [2.05, 4.69) is 10.4 Å². The van der Waals surface area contributed by atoms with Gasteiger partial charge < -0.3 is 5.32 Å². The molecule has 1 aliphatic heterocycles. The van der Waals surface area contributed by atoms with Crippen LogP contribution in [0.25, 0.3) is 0 Å². The number of nitrogens with zero attached hydrogens (tertiary/aromatic N) is 3. The van der Waals surface area contributed by atoms with Gasteiger partial charge in [-0.15, -0.1) is 0 Å². The van der Waals surface area contributed by atoms with E-state index in [9.17, 15) is 9.59 Å². The Labute approximate surface area is 106 Å². The number of rotatable bonds is 3. The number of nitrogens with one attached hydrogen (secondary N) is 1. The summed E-state index contributed by atoms with van der Waals surface area (Å²) in [7, 11) is 1.82. The number of likely N-dealkylation sites (tertiary alicyclic amines) is 1. The smallest absolute Gasteiger partial charge is 0.252 e. The number of carbonyl (C=O) groups is 2. The van der Waals surface area contributed by atoms with Crippen LogP contribution in [0.3, 0.4) is 0 Å². The molecular weight excluding hydrogens is 232 g/mol. The Bertz CT molecular complexity index is 492. The molecule has 1 saturated heterocycles. The molecule has 6 heteroatoms. The van der Waals surface area contributed by atoms with Gasteiger partial charge in [-0.1, -0.05) is 0 Å². The Morgan fingerprint density at radius 3 is 2.56 bits per heavy atom. The van der Waals surface area contributed by atoms with E-state index in [1.54, 1.807) is 4.68 Å². The van der Waals surface area contributed by atoms with Gasteiger partial charge in [-0.25, -0.2) is 0 Å². The van der Waals surface area contributed by atoms with Crippen molar-refractivity contribution in [1.82, 2.24) is 14.7 Å². The summed E-state index contributed by atoms with van der Waals surface area (Å²) in [5.41, 5.74) is 1.62. The molecule has 1 aliphatic rings. The van der Waals surface area contributed by atoms with E-state index in [4.69, 9.17) is 0 Å². The van der Waals surface area contributed by atoms with Crippen molar-refractivity contribution in [3.8, 4) is 0 Å². The molecule has 2 rings (SSSR count). The average Bonchev–Trinajstić information content (AvgIpc) is 2.69. The molecular formula is C12H18N4O2. The lowest BCUT2D eigenvalue weighted by Gasteiger charge is -2.19. The van der Waals surface area contributed by atoms with Crippen molar-refractivity contribution in [3.63, 3.8) is 0 Å². The topological polar surface area (TPSA) is 67.2 Å². The minimum absolute atomic E-state index is 0.0909. The van der Waals surface area contributed by atoms with Gasteiger partial charge in [0.2, 0.25) is 5.91 Å². The molecule has 1 aromatic rings. The van der Waals surface area contributed by atoms with Gasteiger partial charge in [-0.05, 0) is 20.8 Å². The van der Waals surface area contributed by atoms with Gasteiger partial charge in [0.15, 0.2) is 0 Å². The summed E-state index contributed by atoms with van der Waals surface area (Å²) in [4.78, 5) is 25.2. The molecule has 0 saturated carbocycles. The molecule has 0 bridgehead atoms. The fraction of sp³-hybridized carbons (Fsp3) is 0.583. The Kier molecular flexibility index (Phi) is 3.11. The van der Waals surface area contributed by atoms with Crippen LogP contribution in [0.2, 0.25) is 0 Å². The maximum absolute atomic E-state index is 12.1. The molecule has 0 aromatic carbocycles. The summed E-state index contributed by atoms with van der Waals surface area (Å²) in [6, 6.07) is -0.561. The Hall–Kier alpha value is -1.85. The summed E-state index contributed by atoms with van der Waals surface area (Å²) in [6.07, 6.45) is 2.02. The lowest BCUT2D eigenvalue weighted by Crippen LogP contribution is -2.39. The monoisotopic (exact) mass is 250 g/mol. The lowest BCUT2D eigenvalue weighted by molar-refractivity contribution is -0.140. The molecule has 1 aromatic heterocycles. The maximum atomic E-state index is 12.1. The van der Waals surface area contributed by atoms with E-state index in [1.165, 1.54) is 4.90 Å². The number of anilines is 1. The van der Waals surface area contributed by atoms with E-state index in [1.807, 2.05) is 34.0 Å². The van der Waals surface area contributed by atoms with Gasteiger partial charge in [0.05, 0.1) is 17.8 Å².